The first-order valence-electron chi connectivity index (χ1n) is 8.78. The van der Waals surface area contributed by atoms with Crippen molar-refractivity contribution in [3.63, 3.8) is 0 Å². The van der Waals surface area contributed by atoms with Gasteiger partial charge in [-0.3, -0.25) is 14.5 Å². The van der Waals surface area contributed by atoms with E-state index in [0.717, 1.165) is 38.4 Å². The van der Waals surface area contributed by atoms with Crippen LogP contribution in [0.3, 0.4) is 0 Å². The molecule has 7 nitrogen and oxygen atoms in total. The molecule has 0 radical (unpaired) electrons. The van der Waals surface area contributed by atoms with Crippen molar-refractivity contribution in [2.45, 2.75) is 13.3 Å². The highest BCUT2D eigenvalue weighted by Crippen LogP contribution is 2.23. The lowest BCUT2D eigenvalue weighted by Gasteiger charge is -2.28. The van der Waals surface area contributed by atoms with Crippen LogP contribution in [0.5, 0.6) is 0 Å². The van der Waals surface area contributed by atoms with E-state index in [1.54, 1.807) is 17.0 Å². The number of carbonyl (C=O) groups is 2. The molecule has 2 saturated heterocycles. The number of likely N-dealkylation sites (tertiary alicyclic amines) is 1. The van der Waals surface area contributed by atoms with E-state index in [1.807, 2.05) is 13.0 Å². The third kappa shape index (κ3) is 6.24. The normalized spacial score (nSPS) is 20.0. The summed E-state index contributed by atoms with van der Waals surface area (Å²) in [6.07, 6.45) is 0.274. The van der Waals surface area contributed by atoms with Crippen LogP contribution in [0.1, 0.15) is 12.0 Å². The minimum absolute atomic E-state index is 0. The van der Waals surface area contributed by atoms with Gasteiger partial charge in [-0.1, -0.05) is 6.07 Å². The Kier molecular flexibility index (Phi) is 9.32. The molecule has 3 rings (SSSR count). The largest absolute Gasteiger partial charge is 0.399 e. The first-order valence-corrected chi connectivity index (χ1v) is 8.78. The van der Waals surface area contributed by atoms with Gasteiger partial charge in [0.05, 0.1) is 19.1 Å². The van der Waals surface area contributed by atoms with Gasteiger partial charge in [0.25, 0.3) is 0 Å². The number of halogens is 2. The third-order valence-corrected chi connectivity index (χ3v) is 4.89. The summed E-state index contributed by atoms with van der Waals surface area (Å²) in [4.78, 5) is 28.8. The van der Waals surface area contributed by atoms with E-state index >= 15 is 0 Å². The Morgan fingerprint density at radius 3 is 2.67 bits per heavy atom. The van der Waals surface area contributed by atoms with Crippen molar-refractivity contribution in [1.82, 2.24) is 9.80 Å². The fourth-order valence-electron chi connectivity index (χ4n) is 3.26. The molecule has 0 aliphatic carbocycles. The highest BCUT2D eigenvalue weighted by atomic mass is 35.5. The van der Waals surface area contributed by atoms with E-state index < -0.39 is 0 Å². The zero-order valence-electron chi connectivity index (χ0n) is 15.5. The molecule has 3 N–H and O–H groups in total. The van der Waals surface area contributed by atoms with Gasteiger partial charge in [-0.25, -0.2) is 0 Å². The van der Waals surface area contributed by atoms with E-state index in [0.29, 0.717) is 24.5 Å². The van der Waals surface area contributed by atoms with E-state index in [9.17, 15) is 9.59 Å². The molecule has 9 heteroatoms. The smallest absolute Gasteiger partial charge is 0.229 e. The van der Waals surface area contributed by atoms with Crippen LogP contribution < -0.4 is 11.1 Å². The van der Waals surface area contributed by atoms with Gasteiger partial charge in [-0.2, -0.15) is 0 Å². The Morgan fingerprint density at radius 1 is 1.26 bits per heavy atom. The van der Waals surface area contributed by atoms with Crippen LogP contribution in [0, 0.1) is 12.8 Å². The van der Waals surface area contributed by atoms with Gasteiger partial charge >= 0.3 is 0 Å². The standard InChI is InChI=1S/C18H26N4O3.2ClH/c1-13-2-3-15(19)11-16(13)20-18(24)14-10-17(23)22(12-14)5-4-21-6-8-25-9-7-21;;/h2-3,11,14H,4-10,12,19H2,1H3,(H,20,24);2*1H. The zero-order valence-corrected chi connectivity index (χ0v) is 17.1. The fourth-order valence-corrected chi connectivity index (χ4v) is 3.26. The Morgan fingerprint density at radius 2 is 1.96 bits per heavy atom. The van der Waals surface area contributed by atoms with Crippen molar-refractivity contribution in [3.8, 4) is 0 Å². The molecule has 1 aromatic carbocycles. The van der Waals surface area contributed by atoms with Crippen molar-refractivity contribution < 1.29 is 14.3 Å². The maximum atomic E-state index is 12.5. The minimum atomic E-state index is -0.307. The summed E-state index contributed by atoms with van der Waals surface area (Å²) in [7, 11) is 0. The number of rotatable bonds is 5. The van der Waals surface area contributed by atoms with Crippen LogP contribution in [0.25, 0.3) is 0 Å². The molecule has 0 aromatic heterocycles. The number of aryl methyl sites for hydroxylation is 1. The van der Waals surface area contributed by atoms with Crippen molar-refractivity contribution >= 4 is 48.0 Å². The number of nitrogens with one attached hydrogen (secondary N) is 1. The first-order chi connectivity index (χ1) is 12.0. The molecule has 2 amide bonds. The summed E-state index contributed by atoms with van der Waals surface area (Å²) in [6.45, 7) is 7.20. The molecule has 0 spiro atoms. The number of amides is 2. The number of hydrogen-bond acceptors (Lipinski definition) is 5. The number of ether oxygens (including phenoxy) is 1. The number of nitrogen functional groups attached to an aromatic ring is 1. The number of nitrogens with two attached hydrogens (primary N) is 1. The Hall–Kier alpha value is -1.54. The van der Waals surface area contributed by atoms with E-state index in [-0.39, 0.29) is 49.0 Å². The summed E-state index contributed by atoms with van der Waals surface area (Å²) < 4.78 is 5.33. The van der Waals surface area contributed by atoms with Gasteiger partial charge in [0.1, 0.15) is 0 Å². The summed E-state index contributed by atoms with van der Waals surface area (Å²) in [5.41, 5.74) is 8.06. The summed E-state index contributed by atoms with van der Waals surface area (Å²) in [6, 6.07) is 5.43. The molecule has 152 valence electrons. The molecule has 2 fully saturated rings. The van der Waals surface area contributed by atoms with Crippen molar-refractivity contribution in [3.05, 3.63) is 23.8 Å². The van der Waals surface area contributed by atoms with Crippen LogP contribution >= 0.6 is 24.8 Å². The first kappa shape index (κ1) is 23.5. The van der Waals surface area contributed by atoms with Gasteiger partial charge < -0.3 is 20.7 Å². The molecular weight excluding hydrogens is 391 g/mol. The summed E-state index contributed by atoms with van der Waals surface area (Å²) in [5, 5.41) is 2.91. The average molecular weight is 419 g/mol. The lowest BCUT2D eigenvalue weighted by atomic mass is 10.1. The van der Waals surface area contributed by atoms with Crippen LogP contribution in [0.4, 0.5) is 11.4 Å². The van der Waals surface area contributed by atoms with Crippen LogP contribution in [0.2, 0.25) is 0 Å². The summed E-state index contributed by atoms with van der Waals surface area (Å²) in [5.74, 6) is -0.369. The quantitative estimate of drug-likeness (QED) is 0.707. The van der Waals surface area contributed by atoms with E-state index in [2.05, 4.69) is 10.2 Å². The third-order valence-electron chi connectivity index (χ3n) is 4.89. The number of hydrogen-bond donors (Lipinski definition) is 2. The van der Waals surface area contributed by atoms with E-state index in [1.165, 1.54) is 0 Å². The lowest BCUT2D eigenvalue weighted by molar-refractivity contribution is -0.128. The average Bonchev–Trinajstić information content (AvgIpc) is 2.98. The van der Waals surface area contributed by atoms with Crippen LogP contribution in [0.15, 0.2) is 18.2 Å². The van der Waals surface area contributed by atoms with Crippen molar-refractivity contribution in [2.24, 2.45) is 5.92 Å². The number of benzene rings is 1. The Labute approximate surface area is 172 Å². The van der Waals surface area contributed by atoms with Crippen molar-refractivity contribution in [2.75, 3.05) is 57.0 Å². The summed E-state index contributed by atoms with van der Waals surface area (Å²) >= 11 is 0. The molecular formula is C18H28Cl2N4O3. The number of morpholine rings is 1. The predicted molar refractivity (Wildman–Crippen MR) is 111 cm³/mol. The zero-order chi connectivity index (χ0) is 17.8. The molecule has 27 heavy (non-hydrogen) atoms. The maximum Gasteiger partial charge on any atom is 0.229 e. The number of carbonyl (C=O) groups excluding carboxylic acids is 2. The second-order valence-corrected chi connectivity index (χ2v) is 6.76. The topological polar surface area (TPSA) is 87.9 Å². The number of nitrogens with zero attached hydrogens (tertiary/aromatic N) is 2. The molecule has 2 heterocycles. The monoisotopic (exact) mass is 418 g/mol. The minimum Gasteiger partial charge on any atom is -0.399 e. The lowest BCUT2D eigenvalue weighted by Crippen LogP contribution is -2.42. The predicted octanol–water partition coefficient (Wildman–Crippen LogP) is 1.54. The van der Waals surface area contributed by atoms with Gasteiger partial charge in [-0.15, -0.1) is 24.8 Å². The van der Waals surface area contributed by atoms with Crippen LogP contribution in [-0.4, -0.2) is 67.6 Å². The van der Waals surface area contributed by atoms with Gasteiger partial charge in [0, 0.05) is 50.5 Å². The van der Waals surface area contributed by atoms with Gasteiger partial charge in [0.2, 0.25) is 11.8 Å². The van der Waals surface area contributed by atoms with E-state index in [4.69, 9.17) is 10.5 Å². The van der Waals surface area contributed by atoms with Crippen LogP contribution in [-0.2, 0) is 14.3 Å². The second kappa shape index (κ2) is 10.7. The molecule has 1 unspecified atom stereocenters. The molecule has 0 bridgehead atoms. The molecule has 2 aliphatic heterocycles. The second-order valence-electron chi connectivity index (χ2n) is 6.76. The highest BCUT2D eigenvalue weighted by molar-refractivity contribution is 5.98. The molecule has 0 saturated carbocycles. The SMILES string of the molecule is Cc1ccc(N)cc1NC(=O)C1CC(=O)N(CCN2CCOCC2)C1.Cl.Cl. The maximum absolute atomic E-state index is 12.5. The van der Waals surface area contributed by atoms with Gasteiger partial charge in [-0.05, 0) is 24.6 Å². The number of anilines is 2. The molecule has 2 aliphatic rings. The Bertz CT molecular complexity index is 653. The highest BCUT2D eigenvalue weighted by Gasteiger charge is 2.34. The molecule has 1 aromatic rings. The van der Waals surface area contributed by atoms with Gasteiger partial charge in [0.15, 0.2) is 0 Å². The fraction of sp³-hybridized carbons (Fsp3) is 0.556. The van der Waals surface area contributed by atoms with Crippen molar-refractivity contribution in [1.29, 1.82) is 0 Å². The Balaban J connectivity index is 0.00000182. The molecule has 1 atom stereocenters.